The van der Waals surface area contributed by atoms with Gasteiger partial charge in [0.15, 0.2) is 0 Å². The Bertz CT molecular complexity index is 170. The molecule has 1 unspecified atom stereocenters. The Labute approximate surface area is 107 Å². The Morgan fingerprint density at radius 1 is 1.29 bits per heavy atom. The van der Waals surface area contributed by atoms with Gasteiger partial charge in [0.1, 0.15) is 0 Å². The van der Waals surface area contributed by atoms with E-state index in [4.69, 9.17) is 0 Å². The summed E-state index contributed by atoms with van der Waals surface area (Å²) in [7, 11) is 6.63. The van der Waals surface area contributed by atoms with Crippen LogP contribution in [0.4, 0.5) is 0 Å². The zero-order valence-electron chi connectivity index (χ0n) is 8.05. The number of thioether (sulfide) groups is 1. The summed E-state index contributed by atoms with van der Waals surface area (Å²) >= 11 is 0.988. The van der Waals surface area contributed by atoms with Crippen LogP contribution in [-0.2, 0) is 0 Å². The molecule has 0 bridgehead atoms. The first-order chi connectivity index (χ1) is 6.86. The van der Waals surface area contributed by atoms with Crippen LogP contribution in [0.3, 0.4) is 0 Å². The Hall–Kier alpha value is 1.70. The maximum atomic E-state index is 3.79. The van der Waals surface area contributed by atoms with E-state index in [0.717, 1.165) is 16.1 Å². The Morgan fingerprint density at radius 3 is 2.21 bits per heavy atom. The molecular weight excluding hydrogens is 358 g/mol. The molecule has 0 aliphatic carbocycles. The van der Waals surface area contributed by atoms with Gasteiger partial charge in [0.05, 0.1) is 0 Å². The molecule has 0 aromatic carbocycles. The van der Waals surface area contributed by atoms with Crippen LogP contribution in [0.15, 0.2) is 25.3 Å². The van der Waals surface area contributed by atoms with Crippen LogP contribution >= 0.6 is 38.3 Å². The van der Waals surface area contributed by atoms with Gasteiger partial charge in [-0.25, -0.2) is 0 Å². The molecule has 1 aliphatic rings. The van der Waals surface area contributed by atoms with Crippen LogP contribution in [0.5, 0.6) is 0 Å². The zero-order valence-corrected chi connectivity index (χ0v) is 13.9. The Balaban J connectivity index is 2.18. The third kappa shape index (κ3) is 5.69. The zero-order chi connectivity index (χ0) is 10.2. The van der Waals surface area contributed by atoms with Gasteiger partial charge in [-0.05, 0) is 0 Å². The van der Waals surface area contributed by atoms with Crippen LogP contribution in [0.1, 0.15) is 6.42 Å². The average Bonchev–Trinajstić information content (AvgIpc) is 2.14. The van der Waals surface area contributed by atoms with Crippen molar-refractivity contribution in [1.82, 2.24) is 0 Å². The standard InChI is InChI=1S/C3H6S2.2C3H6S.Sb/c4-3-1-2-5-3;2*1-2-3-4;/h3-4H,1-2H2;2*2,4H,1,3H2;/q;;;+3/p-3. The summed E-state index contributed by atoms with van der Waals surface area (Å²) in [5, 5.41) is 0. The number of hydrogen-bond acceptors (Lipinski definition) is 4. The predicted molar refractivity (Wildman–Crippen MR) is 79.5 cm³/mol. The van der Waals surface area contributed by atoms with Gasteiger partial charge in [-0.1, -0.05) is 0 Å². The second kappa shape index (κ2) is 8.81. The Kier molecular flexibility index (Phi) is 8.66. The van der Waals surface area contributed by atoms with Crippen molar-refractivity contribution in [2.24, 2.45) is 0 Å². The molecule has 1 rings (SSSR count). The van der Waals surface area contributed by atoms with E-state index in [-0.39, 0.29) is 0 Å². The quantitative estimate of drug-likeness (QED) is 0.466. The fourth-order valence-corrected chi connectivity index (χ4v) is 29.5. The number of hydrogen-bond donors (Lipinski definition) is 0. The molecule has 0 aromatic heterocycles. The minimum atomic E-state index is -1.14. The van der Waals surface area contributed by atoms with E-state index in [1.807, 2.05) is 12.2 Å². The van der Waals surface area contributed by atoms with Gasteiger partial charge in [0.25, 0.3) is 0 Å². The van der Waals surface area contributed by atoms with Crippen molar-refractivity contribution in [3.05, 3.63) is 25.3 Å². The molecule has 1 aliphatic heterocycles. The van der Waals surface area contributed by atoms with Gasteiger partial charge in [-0.15, -0.1) is 0 Å². The van der Waals surface area contributed by atoms with E-state index in [1.54, 1.807) is 0 Å². The molecule has 0 spiro atoms. The molecular formula is C9H15S4Sb. The molecule has 0 radical (unpaired) electrons. The molecule has 0 aromatic rings. The summed E-state index contributed by atoms with van der Waals surface area (Å²) < 4.78 is 0.924. The fraction of sp³-hybridized carbons (Fsp3) is 0.556. The van der Waals surface area contributed by atoms with E-state index in [1.165, 1.54) is 12.2 Å². The normalized spacial score (nSPS) is 20.5. The van der Waals surface area contributed by atoms with Gasteiger partial charge in [0.2, 0.25) is 0 Å². The van der Waals surface area contributed by atoms with Gasteiger partial charge in [0, 0.05) is 0 Å². The first-order valence-corrected chi connectivity index (χ1v) is 17.6. The molecule has 14 heavy (non-hydrogen) atoms. The summed E-state index contributed by atoms with van der Waals surface area (Å²) in [6.07, 6.45) is 5.49. The van der Waals surface area contributed by atoms with Crippen LogP contribution < -0.4 is 0 Å². The summed E-state index contributed by atoms with van der Waals surface area (Å²) in [5.41, 5.74) is 0. The van der Waals surface area contributed by atoms with E-state index in [2.05, 4.69) is 51.5 Å². The van der Waals surface area contributed by atoms with Gasteiger partial charge >= 0.3 is 108 Å². The molecule has 1 heterocycles. The first-order valence-electron chi connectivity index (χ1n) is 4.43. The molecule has 0 amide bonds. The average molecular weight is 373 g/mol. The van der Waals surface area contributed by atoms with Crippen molar-refractivity contribution in [2.45, 2.75) is 11.0 Å². The minimum absolute atomic E-state index is 0.924. The van der Waals surface area contributed by atoms with E-state index < -0.39 is 16.0 Å². The first kappa shape index (κ1) is 13.8. The van der Waals surface area contributed by atoms with Crippen molar-refractivity contribution in [2.75, 3.05) is 17.3 Å². The van der Waals surface area contributed by atoms with Crippen molar-refractivity contribution >= 4 is 54.3 Å². The third-order valence-corrected chi connectivity index (χ3v) is 28.1. The van der Waals surface area contributed by atoms with Crippen molar-refractivity contribution in [3.63, 3.8) is 0 Å². The summed E-state index contributed by atoms with van der Waals surface area (Å²) in [6, 6.07) is 0. The van der Waals surface area contributed by atoms with Crippen LogP contribution in [0.2, 0.25) is 0 Å². The number of rotatable bonds is 8. The second-order valence-corrected chi connectivity index (χ2v) is 25.7. The summed E-state index contributed by atoms with van der Waals surface area (Å²) in [4.78, 5) is 0. The molecule has 1 atom stereocenters. The predicted octanol–water partition coefficient (Wildman–Crippen LogP) is 4.01. The SMILES string of the molecule is C=CC[S][Sb]([S]CC=C)[S]C1CCS1. The molecule has 0 N–H and O–H groups in total. The van der Waals surface area contributed by atoms with Gasteiger partial charge in [-0.2, -0.15) is 0 Å². The molecule has 0 saturated carbocycles. The van der Waals surface area contributed by atoms with E-state index in [0.29, 0.717) is 0 Å². The second-order valence-electron chi connectivity index (χ2n) is 2.59. The van der Waals surface area contributed by atoms with Crippen molar-refractivity contribution < 1.29 is 0 Å². The van der Waals surface area contributed by atoms with Crippen LogP contribution in [-0.4, -0.2) is 37.8 Å². The molecule has 1 fully saturated rings. The van der Waals surface area contributed by atoms with Crippen molar-refractivity contribution in [3.8, 4) is 0 Å². The summed E-state index contributed by atoms with van der Waals surface area (Å²) in [5.74, 6) is 3.65. The van der Waals surface area contributed by atoms with Gasteiger partial charge in [-0.3, -0.25) is 0 Å². The molecule has 5 heteroatoms. The van der Waals surface area contributed by atoms with Crippen LogP contribution in [0, 0.1) is 0 Å². The molecule has 0 nitrogen and oxygen atoms in total. The summed E-state index contributed by atoms with van der Waals surface area (Å²) in [6.45, 7) is 7.58. The fourth-order valence-electron chi connectivity index (χ4n) is 0.718. The van der Waals surface area contributed by atoms with E-state index >= 15 is 0 Å². The molecule has 1 saturated heterocycles. The van der Waals surface area contributed by atoms with Crippen LogP contribution in [0.25, 0.3) is 0 Å². The topological polar surface area (TPSA) is 0 Å². The molecule has 80 valence electrons. The van der Waals surface area contributed by atoms with Crippen molar-refractivity contribution in [1.29, 1.82) is 0 Å². The van der Waals surface area contributed by atoms with E-state index in [9.17, 15) is 0 Å². The van der Waals surface area contributed by atoms with Gasteiger partial charge < -0.3 is 0 Å². The Morgan fingerprint density at radius 2 is 1.86 bits per heavy atom. The monoisotopic (exact) mass is 372 g/mol. The maximum absolute atomic E-state index is 3.79. The third-order valence-electron chi connectivity index (χ3n) is 1.46.